The van der Waals surface area contributed by atoms with Crippen molar-refractivity contribution in [3.8, 4) is 11.5 Å². The van der Waals surface area contributed by atoms with E-state index < -0.39 is 0 Å². The van der Waals surface area contributed by atoms with Gasteiger partial charge in [0.05, 0.1) is 12.0 Å². The lowest BCUT2D eigenvalue weighted by molar-refractivity contribution is -0.132. The summed E-state index contributed by atoms with van der Waals surface area (Å²) in [6.45, 7) is 0.568. The van der Waals surface area contributed by atoms with Gasteiger partial charge in [-0.15, -0.1) is 0 Å². The number of nitrogens with one attached hydrogen (secondary N) is 1. The predicted octanol–water partition coefficient (Wildman–Crippen LogP) is 2.98. The van der Waals surface area contributed by atoms with E-state index in [1.807, 2.05) is 42.5 Å². The number of fused-ring (bicyclic) bond motifs is 7. The van der Waals surface area contributed by atoms with Gasteiger partial charge in [0.1, 0.15) is 0 Å². The number of nitrogens with zero attached hydrogens (tertiary/aromatic N) is 2. The van der Waals surface area contributed by atoms with Crippen LogP contribution in [0.1, 0.15) is 28.8 Å². The Balaban J connectivity index is 1.62. The molecule has 0 saturated carbocycles. The molecule has 3 aliphatic heterocycles. The van der Waals surface area contributed by atoms with Gasteiger partial charge in [0, 0.05) is 30.2 Å². The number of hydrogen-bond acceptors (Lipinski definition) is 4. The number of ether oxygens (including phenoxy) is 2. The zero-order chi connectivity index (χ0) is 19.0. The van der Waals surface area contributed by atoms with Crippen molar-refractivity contribution in [2.75, 3.05) is 20.4 Å². The van der Waals surface area contributed by atoms with Crippen LogP contribution in [-0.2, 0) is 4.79 Å². The molecule has 1 N–H and O–H groups in total. The first-order chi connectivity index (χ1) is 13.6. The number of benzene rings is 2. The molecule has 1 saturated heterocycles. The molecule has 0 radical (unpaired) electrons. The molecule has 7 heteroatoms. The van der Waals surface area contributed by atoms with Crippen molar-refractivity contribution in [2.45, 2.75) is 12.0 Å². The molecule has 0 spiro atoms. The quantitative estimate of drug-likeness (QED) is 0.710. The molecule has 2 bridgehead atoms. The fourth-order valence-electron chi connectivity index (χ4n) is 4.67. The second-order valence-corrected chi connectivity index (χ2v) is 7.40. The van der Waals surface area contributed by atoms with Gasteiger partial charge in [0.15, 0.2) is 11.5 Å². The number of rotatable bonds is 1. The van der Waals surface area contributed by atoms with Gasteiger partial charge in [-0.1, -0.05) is 24.3 Å². The molecule has 1 aromatic heterocycles. The number of H-pyrrole nitrogens is 1. The Morgan fingerprint density at radius 2 is 1.89 bits per heavy atom. The van der Waals surface area contributed by atoms with Crippen LogP contribution in [0.15, 0.2) is 42.5 Å². The van der Waals surface area contributed by atoms with E-state index in [4.69, 9.17) is 9.47 Å². The highest BCUT2D eigenvalue weighted by molar-refractivity contribution is 6.04. The van der Waals surface area contributed by atoms with Gasteiger partial charge in [-0.3, -0.25) is 9.69 Å². The average Bonchev–Trinajstić information content (AvgIpc) is 3.33. The first-order valence-electron chi connectivity index (χ1n) is 9.21. The molecule has 4 heterocycles. The highest BCUT2D eigenvalue weighted by Gasteiger charge is 2.48. The van der Waals surface area contributed by atoms with E-state index >= 15 is 0 Å². The fraction of sp³-hybridized carbons (Fsp3) is 0.238. The van der Waals surface area contributed by atoms with E-state index in [0.29, 0.717) is 18.0 Å². The summed E-state index contributed by atoms with van der Waals surface area (Å²) in [5, 5.41) is 1.03. The van der Waals surface area contributed by atoms with Crippen LogP contribution in [0.2, 0.25) is 0 Å². The number of aromatic amines is 1. The number of aromatic nitrogens is 1. The SMILES string of the molecule is CN1C(=O)[C@@H]2CN(C1=O)[C@@H](c1ccc3c(c1)OCO3)c1[nH]c3ccccc3c12. The van der Waals surface area contributed by atoms with E-state index in [-0.39, 0.29) is 30.7 Å². The van der Waals surface area contributed by atoms with Crippen LogP contribution in [-0.4, -0.2) is 47.1 Å². The van der Waals surface area contributed by atoms with Crippen LogP contribution in [0.5, 0.6) is 11.5 Å². The third-order valence-corrected chi connectivity index (χ3v) is 5.96. The van der Waals surface area contributed by atoms with Crippen LogP contribution in [0, 0.1) is 0 Å². The fourth-order valence-corrected chi connectivity index (χ4v) is 4.67. The maximum Gasteiger partial charge on any atom is 0.327 e. The molecular formula is C21H17N3O4. The van der Waals surface area contributed by atoms with Crippen molar-refractivity contribution >= 4 is 22.8 Å². The molecule has 0 unspecified atom stereocenters. The van der Waals surface area contributed by atoms with Crippen LogP contribution < -0.4 is 9.47 Å². The Hall–Kier alpha value is -3.48. The minimum atomic E-state index is -0.362. The van der Waals surface area contributed by atoms with Gasteiger partial charge in [0.2, 0.25) is 12.7 Å². The van der Waals surface area contributed by atoms with Crippen molar-refractivity contribution in [3.05, 3.63) is 59.3 Å². The van der Waals surface area contributed by atoms with Gasteiger partial charge < -0.3 is 19.4 Å². The summed E-state index contributed by atoms with van der Waals surface area (Å²) in [6.07, 6.45) is 0. The maximum absolute atomic E-state index is 12.9. The van der Waals surface area contributed by atoms with Crippen LogP contribution >= 0.6 is 0 Å². The van der Waals surface area contributed by atoms with Crippen molar-refractivity contribution in [1.82, 2.24) is 14.8 Å². The number of carbonyl (C=O) groups excluding carboxylic acids is 2. The molecule has 140 valence electrons. The van der Waals surface area contributed by atoms with Crippen LogP contribution in [0.3, 0.4) is 0 Å². The topological polar surface area (TPSA) is 74.9 Å². The predicted molar refractivity (Wildman–Crippen MR) is 100 cm³/mol. The summed E-state index contributed by atoms with van der Waals surface area (Å²) < 4.78 is 11.0. The number of urea groups is 1. The first kappa shape index (κ1) is 15.6. The molecule has 1 fully saturated rings. The van der Waals surface area contributed by atoms with E-state index in [2.05, 4.69) is 4.98 Å². The summed E-state index contributed by atoms with van der Waals surface area (Å²) in [7, 11) is 1.56. The van der Waals surface area contributed by atoms with Gasteiger partial charge in [-0.05, 0) is 29.3 Å². The third kappa shape index (κ3) is 1.88. The Morgan fingerprint density at radius 1 is 1.07 bits per heavy atom. The molecular weight excluding hydrogens is 358 g/mol. The van der Waals surface area contributed by atoms with E-state index in [1.165, 1.54) is 4.90 Å². The largest absolute Gasteiger partial charge is 0.454 e. The number of imide groups is 1. The van der Waals surface area contributed by atoms with Gasteiger partial charge in [-0.25, -0.2) is 4.79 Å². The van der Waals surface area contributed by atoms with Gasteiger partial charge >= 0.3 is 6.03 Å². The second kappa shape index (κ2) is 5.28. The van der Waals surface area contributed by atoms with E-state index in [1.54, 1.807) is 11.9 Å². The number of hydrogen-bond donors (Lipinski definition) is 1. The summed E-state index contributed by atoms with van der Waals surface area (Å²) in [4.78, 5) is 32.3. The summed E-state index contributed by atoms with van der Waals surface area (Å²) in [5.41, 5.74) is 3.77. The lowest BCUT2D eigenvalue weighted by Gasteiger charge is -2.45. The zero-order valence-electron chi connectivity index (χ0n) is 15.1. The zero-order valence-corrected chi connectivity index (χ0v) is 15.1. The Morgan fingerprint density at radius 3 is 2.79 bits per heavy atom. The maximum atomic E-state index is 12.9. The summed E-state index contributed by atoms with van der Waals surface area (Å²) in [6, 6.07) is 13.1. The number of carbonyl (C=O) groups is 2. The molecule has 2 atom stereocenters. The molecule has 2 aromatic carbocycles. The van der Waals surface area contributed by atoms with Crippen molar-refractivity contribution in [1.29, 1.82) is 0 Å². The number of amides is 3. The van der Waals surface area contributed by atoms with Crippen molar-refractivity contribution in [2.24, 2.45) is 0 Å². The molecule has 3 aromatic rings. The summed E-state index contributed by atoms with van der Waals surface area (Å²) >= 11 is 0. The lowest BCUT2D eigenvalue weighted by atomic mass is 9.83. The number of likely N-dealkylation sites (N-methyl/N-ethyl adjacent to an activating group) is 1. The second-order valence-electron chi connectivity index (χ2n) is 7.40. The number of para-hydroxylation sites is 1. The monoisotopic (exact) mass is 375 g/mol. The standard InChI is InChI=1S/C21H17N3O4/c1-23-20(25)13-9-24(21(23)26)19(11-6-7-15-16(8-11)28-10-27-15)18-17(13)12-4-2-3-5-14(12)22-18/h2-8,13,19,22H,9-10H2,1H3/t13-,19+/m1/s1. The molecule has 3 amide bonds. The van der Waals surface area contributed by atoms with Crippen molar-refractivity contribution in [3.63, 3.8) is 0 Å². The van der Waals surface area contributed by atoms with Gasteiger partial charge in [-0.2, -0.15) is 0 Å². The van der Waals surface area contributed by atoms with Crippen LogP contribution in [0.4, 0.5) is 4.79 Å². The first-order valence-corrected chi connectivity index (χ1v) is 9.21. The minimum Gasteiger partial charge on any atom is -0.454 e. The lowest BCUT2D eigenvalue weighted by Crippen LogP contribution is -2.57. The Labute approximate surface area is 160 Å². The third-order valence-electron chi connectivity index (χ3n) is 5.96. The highest BCUT2D eigenvalue weighted by Crippen LogP contribution is 2.47. The molecule has 0 aliphatic carbocycles. The van der Waals surface area contributed by atoms with E-state index in [9.17, 15) is 9.59 Å². The van der Waals surface area contributed by atoms with E-state index in [0.717, 1.165) is 27.7 Å². The smallest absolute Gasteiger partial charge is 0.327 e. The normalized spacial score (nSPS) is 22.8. The minimum absolute atomic E-state index is 0.156. The molecule has 6 rings (SSSR count). The van der Waals surface area contributed by atoms with Gasteiger partial charge in [0.25, 0.3) is 0 Å². The molecule has 3 aliphatic rings. The highest BCUT2D eigenvalue weighted by atomic mass is 16.7. The summed E-state index contributed by atoms with van der Waals surface area (Å²) in [5.74, 6) is 0.855. The van der Waals surface area contributed by atoms with Crippen molar-refractivity contribution < 1.29 is 19.1 Å². The molecule has 28 heavy (non-hydrogen) atoms. The Kier molecular flexibility index (Phi) is 2.94. The average molecular weight is 375 g/mol. The molecule has 7 nitrogen and oxygen atoms in total. The Bertz CT molecular complexity index is 1170. The van der Waals surface area contributed by atoms with Crippen LogP contribution in [0.25, 0.3) is 10.9 Å².